The van der Waals surface area contributed by atoms with Gasteiger partial charge < -0.3 is 10.0 Å². The molecule has 6 rings (SSSR count). The van der Waals surface area contributed by atoms with Gasteiger partial charge in [-0.15, -0.1) is 0 Å². The van der Waals surface area contributed by atoms with Crippen LogP contribution in [0.4, 0.5) is 40.9 Å². The van der Waals surface area contributed by atoms with E-state index in [0.717, 1.165) is 22.8 Å². The zero-order chi connectivity index (χ0) is 38.0. The Hall–Kier alpha value is -5.10. The van der Waals surface area contributed by atoms with Gasteiger partial charge >= 0.3 is 5.69 Å². The second-order valence-electron chi connectivity index (χ2n) is 12.3. The molecular formula is C34H27F8N5O4S. The van der Waals surface area contributed by atoms with Crippen LogP contribution in [-0.2, 0) is 10.0 Å². The number of sulfonamides is 1. The predicted molar refractivity (Wildman–Crippen MR) is 173 cm³/mol. The Labute approximate surface area is 290 Å². The Morgan fingerprint density at radius 1 is 0.865 bits per heavy atom. The maximum Gasteiger partial charge on any atom is 0.355 e. The first-order valence-corrected chi connectivity index (χ1v) is 17.0. The predicted octanol–water partition coefficient (Wildman–Crippen LogP) is 6.95. The van der Waals surface area contributed by atoms with Crippen molar-refractivity contribution < 1.29 is 48.6 Å². The minimum Gasteiger partial charge on any atom is -0.507 e. The molecule has 0 radical (unpaired) electrons. The van der Waals surface area contributed by atoms with Crippen molar-refractivity contribution in [3.8, 4) is 22.7 Å². The van der Waals surface area contributed by atoms with Crippen LogP contribution in [0.3, 0.4) is 0 Å². The van der Waals surface area contributed by atoms with Gasteiger partial charge in [0.2, 0.25) is 10.0 Å². The average molecular weight is 754 g/mol. The van der Waals surface area contributed by atoms with Crippen LogP contribution < -0.4 is 10.6 Å². The number of pyridine rings is 1. The summed E-state index contributed by atoms with van der Waals surface area (Å²) in [5.41, 5.74) is -3.63. The van der Waals surface area contributed by atoms with Crippen LogP contribution in [0.2, 0.25) is 0 Å². The third kappa shape index (κ3) is 5.92. The number of phenols is 1. The monoisotopic (exact) mass is 753 g/mol. The molecule has 0 spiro atoms. The van der Waals surface area contributed by atoms with Crippen molar-refractivity contribution in [3.05, 3.63) is 105 Å². The van der Waals surface area contributed by atoms with E-state index in [1.54, 1.807) is 24.3 Å². The molecular weight excluding hydrogens is 726 g/mol. The van der Waals surface area contributed by atoms with Crippen LogP contribution >= 0.6 is 0 Å². The molecule has 3 heterocycles. The number of hydrogen-bond acceptors (Lipinski definition) is 7. The zero-order valence-electron chi connectivity index (χ0n) is 27.3. The van der Waals surface area contributed by atoms with Crippen molar-refractivity contribution in [3.63, 3.8) is 0 Å². The molecule has 0 amide bonds. The molecule has 1 fully saturated rings. The highest BCUT2D eigenvalue weighted by Gasteiger charge is 2.42. The number of anilines is 1. The van der Waals surface area contributed by atoms with Crippen molar-refractivity contribution in [1.82, 2.24) is 18.8 Å². The van der Waals surface area contributed by atoms with Gasteiger partial charge in [-0.1, -0.05) is 38.1 Å². The van der Waals surface area contributed by atoms with E-state index >= 15 is 4.39 Å². The Morgan fingerprint density at radius 3 is 2.17 bits per heavy atom. The first-order valence-electron chi connectivity index (χ1n) is 15.6. The third-order valence-corrected chi connectivity index (χ3v) is 10.7. The van der Waals surface area contributed by atoms with E-state index in [1.165, 1.54) is 17.9 Å². The molecule has 9 nitrogen and oxygen atoms in total. The molecule has 1 atom stereocenters. The SMILES string of the molecule is CC(C)c1ccccc1-n1c(=O)nc(N2CCN(S(=O)(=O)c3c(F)c(F)c(F)c(F)c3C(F)F)C[C@@H]2C)c2cc(F)c(-c3c(O)cccc3F)nc21. The van der Waals surface area contributed by atoms with Crippen molar-refractivity contribution in [2.24, 2.45) is 0 Å². The lowest BCUT2D eigenvalue weighted by atomic mass is 10.0. The van der Waals surface area contributed by atoms with Crippen molar-refractivity contribution >= 4 is 26.9 Å². The Balaban J connectivity index is 1.51. The number of nitrogens with zero attached hydrogens (tertiary/aromatic N) is 5. The van der Waals surface area contributed by atoms with Crippen LogP contribution in [0.15, 0.2) is 58.2 Å². The number of alkyl halides is 2. The fourth-order valence-corrected chi connectivity index (χ4v) is 8.07. The molecule has 3 aromatic carbocycles. The molecule has 0 unspecified atom stereocenters. The van der Waals surface area contributed by atoms with Gasteiger partial charge in [0.25, 0.3) is 6.43 Å². The largest absolute Gasteiger partial charge is 0.507 e. The lowest BCUT2D eigenvalue weighted by molar-refractivity contribution is 0.138. The zero-order valence-corrected chi connectivity index (χ0v) is 28.1. The summed E-state index contributed by atoms with van der Waals surface area (Å²) < 4.78 is 144. The highest BCUT2D eigenvalue weighted by Crippen LogP contribution is 2.39. The molecule has 5 aromatic rings. The smallest absolute Gasteiger partial charge is 0.355 e. The Kier molecular flexibility index (Phi) is 9.50. The van der Waals surface area contributed by atoms with Crippen molar-refractivity contribution in [1.29, 1.82) is 0 Å². The number of rotatable bonds is 7. The lowest BCUT2D eigenvalue weighted by Gasteiger charge is -2.40. The van der Waals surface area contributed by atoms with Crippen LogP contribution in [-0.4, -0.2) is 58.0 Å². The molecule has 1 N–H and O–H groups in total. The summed E-state index contributed by atoms with van der Waals surface area (Å²) in [7, 11) is -5.44. The van der Waals surface area contributed by atoms with E-state index in [1.807, 2.05) is 13.8 Å². The van der Waals surface area contributed by atoms with E-state index in [2.05, 4.69) is 9.97 Å². The summed E-state index contributed by atoms with van der Waals surface area (Å²) in [6.07, 6.45) is -4.05. The molecule has 18 heteroatoms. The number of hydrogen-bond donors (Lipinski definition) is 1. The second-order valence-corrected chi connectivity index (χ2v) is 14.2. The maximum atomic E-state index is 15.9. The van der Waals surface area contributed by atoms with Gasteiger partial charge in [-0.05, 0) is 42.7 Å². The van der Waals surface area contributed by atoms with Crippen LogP contribution in [0.1, 0.15) is 44.2 Å². The average Bonchev–Trinajstić information content (AvgIpc) is 3.08. The van der Waals surface area contributed by atoms with E-state index in [0.29, 0.717) is 15.6 Å². The third-order valence-electron chi connectivity index (χ3n) is 8.77. The molecule has 1 aliphatic heterocycles. The van der Waals surface area contributed by atoms with E-state index < -0.39 is 110 Å². The van der Waals surface area contributed by atoms with E-state index in [9.17, 15) is 49.1 Å². The highest BCUT2D eigenvalue weighted by atomic mass is 32.2. The topological polar surface area (TPSA) is 109 Å². The number of aromatic hydroxyl groups is 1. The van der Waals surface area contributed by atoms with Crippen LogP contribution in [0, 0.1) is 34.9 Å². The number of aromatic nitrogens is 3. The number of phenolic OH excluding ortho intramolecular Hbond substituents is 1. The fourth-order valence-electron chi connectivity index (χ4n) is 6.31. The minimum atomic E-state index is -5.44. The Bertz CT molecular complexity index is 2410. The molecule has 1 aliphatic rings. The van der Waals surface area contributed by atoms with Gasteiger partial charge in [-0.3, -0.25) is 0 Å². The van der Waals surface area contributed by atoms with Gasteiger partial charge in [-0.25, -0.2) is 57.9 Å². The lowest BCUT2D eigenvalue weighted by Crippen LogP contribution is -2.54. The second kappa shape index (κ2) is 13.5. The number of piperazine rings is 1. The first-order chi connectivity index (χ1) is 24.5. The number of benzene rings is 3. The first kappa shape index (κ1) is 36.7. The summed E-state index contributed by atoms with van der Waals surface area (Å²) in [6.45, 7) is 3.36. The summed E-state index contributed by atoms with van der Waals surface area (Å²) in [6, 6.07) is 9.81. The highest BCUT2D eigenvalue weighted by molar-refractivity contribution is 7.89. The molecule has 52 heavy (non-hydrogen) atoms. The van der Waals surface area contributed by atoms with Crippen molar-refractivity contribution in [2.45, 2.75) is 44.1 Å². The van der Waals surface area contributed by atoms with Crippen LogP contribution in [0.25, 0.3) is 28.0 Å². The molecule has 0 saturated carbocycles. The van der Waals surface area contributed by atoms with E-state index in [-0.39, 0.29) is 22.8 Å². The minimum absolute atomic E-state index is 0.118. The summed E-state index contributed by atoms with van der Waals surface area (Å²) in [4.78, 5) is 21.8. The molecule has 0 bridgehead atoms. The summed E-state index contributed by atoms with van der Waals surface area (Å²) in [5, 5.41) is 10.3. The maximum absolute atomic E-state index is 15.9. The fraction of sp³-hybridized carbons (Fsp3) is 0.265. The molecule has 274 valence electrons. The van der Waals surface area contributed by atoms with Gasteiger partial charge in [0.05, 0.1) is 22.2 Å². The number of fused-ring (bicyclic) bond motifs is 1. The summed E-state index contributed by atoms with van der Waals surface area (Å²) in [5.74, 6) is -13.5. The number of halogens is 8. The normalized spacial score (nSPS) is 15.7. The number of para-hydroxylation sites is 1. The molecule has 0 aliphatic carbocycles. The molecule has 1 saturated heterocycles. The summed E-state index contributed by atoms with van der Waals surface area (Å²) >= 11 is 0. The molecule has 2 aromatic heterocycles. The van der Waals surface area contributed by atoms with E-state index in [4.69, 9.17) is 0 Å². The standard InChI is InChI=1S/C34H27F8N5O4S/c1-15(2)17-7-4-5-9-21(17)47-33-18(13-20(36)29(43-33)23-19(35)8-6-10-22(23)48)32(44-34(47)49)46-12-11-45(14-16(46)3)52(50,51)30-24(31(41)42)25(37)26(38)27(39)28(30)40/h4-10,13,15-16,31,48H,11-12,14H2,1-3H3/t16-/m0/s1. The van der Waals surface area contributed by atoms with Crippen molar-refractivity contribution in [2.75, 3.05) is 24.5 Å². The van der Waals surface area contributed by atoms with Gasteiger partial charge in [0.15, 0.2) is 34.7 Å². The quantitative estimate of drug-likeness (QED) is 0.109. The van der Waals surface area contributed by atoms with Gasteiger partial charge in [0.1, 0.15) is 28.0 Å². The Morgan fingerprint density at radius 2 is 1.54 bits per heavy atom. The van der Waals surface area contributed by atoms with Gasteiger partial charge in [-0.2, -0.15) is 9.29 Å². The van der Waals surface area contributed by atoms with Crippen LogP contribution in [0.5, 0.6) is 5.75 Å². The van der Waals surface area contributed by atoms with Gasteiger partial charge in [0, 0.05) is 25.7 Å².